The third-order valence-electron chi connectivity index (χ3n) is 4.56. The Labute approximate surface area is 81.9 Å². The Kier molecular flexibility index (Phi) is 2.57. The molecule has 0 saturated heterocycles. The molecule has 76 valence electrons. The summed E-state index contributed by atoms with van der Waals surface area (Å²) in [5.74, 6) is 0.901. The summed E-state index contributed by atoms with van der Waals surface area (Å²) in [4.78, 5) is 11.7. The van der Waals surface area contributed by atoms with Gasteiger partial charge in [0.15, 0.2) is 0 Å². The predicted molar refractivity (Wildman–Crippen MR) is 55.6 cm³/mol. The molecule has 13 heavy (non-hydrogen) atoms. The van der Waals surface area contributed by atoms with Gasteiger partial charge in [-0.3, -0.25) is 4.79 Å². The molecule has 1 aliphatic rings. The van der Waals surface area contributed by atoms with Crippen molar-refractivity contribution < 1.29 is 4.79 Å². The molecular formula is C12H22O. The van der Waals surface area contributed by atoms with E-state index in [9.17, 15) is 4.79 Å². The fourth-order valence-corrected chi connectivity index (χ4v) is 2.89. The normalized spacial score (nSPS) is 38.7. The number of Topliss-reactive ketones (excluding diaryl/α,β-unsaturated/α-hetero) is 1. The molecule has 1 rings (SSSR count). The molecule has 0 radical (unpaired) electrons. The Balaban J connectivity index is 3.05. The highest BCUT2D eigenvalue weighted by Gasteiger charge is 2.50. The lowest BCUT2D eigenvalue weighted by molar-refractivity contribution is -0.140. The lowest BCUT2D eigenvalue weighted by atomic mass is 9.53. The third-order valence-corrected chi connectivity index (χ3v) is 4.56. The van der Waals surface area contributed by atoms with Gasteiger partial charge in [0, 0.05) is 5.41 Å². The van der Waals surface area contributed by atoms with Gasteiger partial charge in [-0.15, -0.1) is 0 Å². The topological polar surface area (TPSA) is 17.1 Å². The van der Waals surface area contributed by atoms with Crippen LogP contribution in [0.1, 0.15) is 53.9 Å². The first-order valence-corrected chi connectivity index (χ1v) is 5.33. The molecule has 2 atom stereocenters. The molecule has 0 spiro atoms. The SMILES string of the molecule is CC(=O)C1(C)C(C)CCCC1(C)C. The number of carbonyl (C=O) groups is 1. The fourth-order valence-electron chi connectivity index (χ4n) is 2.89. The van der Waals surface area contributed by atoms with E-state index in [1.807, 2.05) is 0 Å². The summed E-state index contributed by atoms with van der Waals surface area (Å²) >= 11 is 0. The summed E-state index contributed by atoms with van der Waals surface area (Å²) in [5, 5.41) is 0. The van der Waals surface area contributed by atoms with Gasteiger partial charge in [0.05, 0.1) is 0 Å². The number of ketones is 1. The zero-order valence-electron chi connectivity index (χ0n) is 9.61. The van der Waals surface area contributed by atoms with E-state index in [-0.39, 0.29) is 10.8 Å². The molecule has 1 aliphatic carbocycles. The Morgan fingerprint density at radius 3 is 2.15 bits per heavy atom. The highest BCUT2D eigenvalue weighted by atomic mass is 16.1. The summed E-state index contributed by atoms with van der Waals surface area (Å²) in [6.45, 7) is 10.6. The Morgan fingerprint density at radius 2 is 1.85 bits per heavy atom. The number of rotatable bonds is 1. The standard InChI is InChI=1S/C12H22O/c1-9-7-6-8-11(3,4)12(9,5)10(2)13/h9H,6-8H2,1-5H3. The van der Waals surface area contributed by atoms with E-state index in [0.717, 1.165) is 0 Å². The summed E-state index contributed by atoms with van der Waals surface area (Å²) in [6.07, 6.45) is 3.67. The Morgan fingerprint density at radius 1 is 1.31 bits per heavy atom. The van der Waals surface area contributed by atoms with Crippen LogP contribution in [-0.2, 0) is 4.79 Å². The van der Waals surface area contributed by atoms with Crippen molar-refractivity contribution in [2.45, 2.75) is 53.9 Å². The van der Waals surface area contributed by atoms with Gasteiger partial charge in [0.1, 0.15) is 5.78 Å². The molecule has 1 saturated carbocycles. The molecule has 2 unspecified atom stereocenters. The second-order valence-electron chi connectivity index (χ2n) is 5.44. The van der Waals surface area contributed by atoms with Crippen LogP contribution in [0.3, 0.4) is 0 Å². The molecule has 0 aromatic rings. The van der Waals surface area contributed by atoms with Crippen LogP contribution in [0.2, 0.25) is 0 Å². The van der Waals surface area contributed by atoms with Gasteiger partial charge in [-0.25, -0.2) is 0 Å². The van der Waals surface area contributed by atoms with Crippen LogP contribution in [0.4, 0.5) is 0 Å². The van der Waals surface area contributed by atoms with Crippen molar-refractivity contribution in [2.75, 3.05) is 0 Å². The lowest BCUT2D eigenvalue weighted by Gasteiger charge is -2.50. The summed E-state index contributed by atoms with van der Waals surface area (Å²) in [5.41, 5.74) is 0.0712. The zero-order chi connectivity index (χ0) is 10.3. The van der Waals surface area contributed by atoms with Crippen LogP contribution in [0.15, 0.2) is 0 Å². The minimum Gasteiger partial charge on any atom is -0.299 e. The molecule has 1 heteroatoms. The first-order chi connectivity index (χ1) is 5.82. The van der Waals surface area contributed by atoms with Gasteiger partial charge < -0.3 is 0 Å². The molecule has 0 amide bonds. The zero-order valence-corrected chi connectivity index (χ0v) is 9.61. The largest absolute Gasteiger partial charge is 0.299 e. The van der Waals surface area contributed by atoms with Crippen molar-refractivity contribution >= 4 is 5.78 Å². The van der Waals surface area contributed by atoms with E-state index in [0.29, 0.717) is 11.7 Å². The Hall–Kier alpha value is -0.330. The first kappa shape index (κ1) is 10.7. The highest BCUT2D eigenvalue weighted by molar-refractivity contribution is 5.83. The molecule has 1 fully saturated rings. The van der Waals surface area contributed by atoms with Crippen molar-refractivity contribution in [3.63, 3.8) is 0 Å². The van der Waals surface area contributed by atoms with Crippen LogP contribution >= 0.6 is 0 Å². The van der Waals surface area contributed by atoms with E-state index in [4.69, 9.17) is 0 Å². The average molecular weight is 182 g/mol. The number of carbonyl (C=O) groups excluding carboxylic acids is 1. The van der Waals surface area contributed by atoms with Gasteiger partial charge in [-0.1, -0.05) is 34.1 Å². The second-order valence-corrected chi connectivity index (χ2v) is 5.44. The van der Waals surface area contributed by atoms with E-state index < -0.39 is 0 Å². The van der Waals surface area contributed by atoms with Crippen molar-refractivity contribution in [2.24, 2.45) is 16.7 Å². The van der Waals surface area contributed by atoms with Crippen molar-refractivity contribution in [3.8, 4) is 0 Å². The number of hydrogen-bond acceptors (Lipinski definition) is 1. The monoisotopic (exact) mass is 182 g/mol. The van der Waals surface area contributed by atoms with Gasteiger partial charge in [0.2, 0.25) is 0 Å². The van der Waals surface area contributed by atoms with Crippen LogP contribution in [-0.4, -0.2) is 5.78 Å². The third kappa shape index (κ3) is 1.43. The minimum atomic E-state index is -0.106. The van der Waals surface area contributed by atoms with Crippen molar-refractivity contribution in [3.05, 3.63) is 0 Å². The molecule has 0 aliphatic heterocycles. The second kappa shape index (κ2) is 3.11. The van der Waals surface area contributed by atoms with E-state index in [2.05, 4.69) is 27.7 Å². The van der Waals surface area contributed by atoms with E-state index in [1.165, 1.54) is 19.3 Å². The maximum Gasteiger partial charge on any atom is 0.136 e. The lowest BCUT2D eigenvalue weighted by Crippen LogP contribution is -2.48. The number of hydrogen-bond donors (Lipinski definition) is 0. The molecule has 1 nitrogen and oxygen atoms in total. The van der Waals surface area contributed by atoms with Gasteiger partial charge in [0.25, 0.3) is 0 Å². The maximum absolute atomic E-state index is 11.7. The maximum atomic E-state index is 11.7. The van der Waals surface area contributed by atoms with Gasteiger partial charge >= 0.3 is 0 Å². The molecule has 0 heterocycles. The van der Waals surface area contributed by atoms with Crippen LogP contribution < -0.4 is 0 Å². The summed E-state index contributed by atoms with van der Waals surface area (Å²) in [7, 11) is 0. The highest BCUT2D eigenvalue weighted by Crippen LogP contribution is 2.53. The molecule has 0 aromatic carbocycles. The van der Waals surface area contributed by atoms with E-state index in [1.54, 1.807) is 6.92 Å². The molecular weight excluding hydrogens is 160 g/mol. The van der Waals surface area contributed by atoms with Gasteiger partial charge in [-0.05, 0) is 31.1 Å². The fraction of sp³-hybridized carbons (Fsp3) is 0.917. The first-order valence-electron chi connectivity index (χ1n) is 5.33. The van der Waals surface area contributed by atoms with Crippen LogP contribution in [0.25, 0.3) is 0 Å². The predicted octanol–water partition coefficient (Wildman–Crippen LogP) is 3.43. The quantitative estimate of drug-likeness (QED) is 0.607. The van der Waals surface area contributed by atoms with Crippen molar-refractivity contribution in [1.29, 1.82) is 0 Å². The van der Waals surface area contributed by atoms with Gasteiger partial charge in [-0.2, -0.15) is 0 Å². The summed E-state index contributed by atoms with van der Waals surface area (Å²) < 4.78 is 0. The van der Waals surface area contributed by atoms with Crippen LogP contribution in [0, 0.1) is 16.7 Å². The van der Waals surface area contributed by atoms with Crippen LogP contribution in [0.5, 0.6) is 0 Å². The summed E-state index contributed by atoms with van der Waals surface area (Å²) in [6, 6.07) is 0. The molecule has 0 aromatic heterocycles. The molecule has 0 bridgehead atoms. The smallest absolute Gasteiger partial charge is 0.136 e. The minimum absolute atomic E-state index is 0.106. The Bertz CT molecular complexity index is 217. The van der Waals surface area contributed by atoms with E-state index >= 15 is 0 Å². The molecule has 0 N–H and O–H groups in total. The average Bonchev–Trinajstić information content (AvgIpc) is 1.99. The van der Waals surface area contributed by atoms with Crippen molar-refractivity contribution in [1.82, 2.24) is 0 Å².